The topological polar surface area (TPSA) is 65.1 Å². The van der Waals surface area contributed by atoms with Gasteiger partial charge in [0.25, 0.3) is 0 Å². The Morgan fingerprint density at radius 1 is 0.708 bits per heavy atom. The molecule has 1 saturated carbocycles. The lowest BCUT2D eigenvalue weighted by Gasteiger charge is -2.40. The third-order valence-corrected chi connectivity index (χ3v) is 9.88. The molecule has 48 heavy (non-hydrogen) atoms. The third kappa shape index (κ3) is 9.54. The van der Waals surface area contributed by atoms with Gasteiger partial charge in [0.05, 0.1) is 6.10 Å². The van der Waals surface area contributed by atoms with Crippen molar-refractivity contribution in [3.05, 3.63) is 119 Å². The van der Waals surface area contributed by atoms with Crippen molar-refractivity contribution < 1.29 is 23.8 Å². The maximum atomic E-state index is 12.3. The Labute approximate surface area is 290 Å². The van der Waals surface area contributed by atoms with E-state index in [0.717, 1.165) is 52.7 Å². The normalized spacial score (nSPS) is 29.7. The molecule has 3 rings (SSSR count). The fourth-order valence-corrected chi connectivity index (χ4v) is 7.31. The summed E-state index contributed by atoms with van der Waals surface area (Å²) in [6, 6.07) is 0. The molecule has 0 aromatic rings. The van der Waals surface area contributed by atoms with Crippen LogP contribution in [0.5, 0.6) is 0 Å². The first-order valence-electron chi connectivity index (χ1n) is 17.1. The second-order valence-corrected chi connectivity index (χ2v) is 15.2. The zero-order valence-electron chi connectivity index (χ0n) is 31.4. The van der Waals surface area contributed by atoms with Crippen LogP contribution >= 0.6 is 0 Å². The molecule has 2 fully saturated rings. The molecule has 0 N–H and O–H groups in total. The van der Waals surface area contributed by atoms with Crippen LogP contribution in [0.15, 0.2) is 119 Å². The van der Waals surface area contributed by atoms with Crippen molar-refractivity contribution in [1.82, 2.24) is 0 Å². The van der Waals surface area contributed by atoms with Crippen LogP contribution in [0.2, 0.25) is 0 Å². The third-order valence-electron chi connectivity index (χ3n) is 9.88. The minimum absolute atomic E-state index is 0.0815. The SMILES string of the molecule is COC1CC(C)(C)C(/C=C/C(C)=C/C=C/C(C)=C\C=C\C=C(C)\C=C\C=C(C)\C=C\[C@@]23O[C@]2(C)C[C@@H](OC(C)=O)CC3(C)C)=C1C(C)=O. The zero-order valence-corrected chi connectivity index (χ0v) is 31.4. The molecule has 3 aliphatic rings. The first-order valence-corrected chi connectivity index (χ1v) is 17.1. The summed E-state index contributed by atoms with van der Waals surface area (Å²) in [5, 5.41) is 0. The van der Waals surface area contributed by atoms with E-state index in [4.69, 9.17) is 14.2 Å². The molecule has 4 atom stereocenters. The number of carbonyl (C=O) groups is 2. The molecule has 5 nitrogen and oxygen atoms in total. The Balaban J connectivity index is 1.53. The molecule has 0 aromatic carbocycles. The largest absolute Gasteiger partial charge is 0.462 e. The Morgan fingerprint density at radius 2 is 1.23 bits per heavy atom. The Hall–Kier alpha value is -3.54. The first-order chi connectivity index (χ1) is 22.4. The van der Waals surface area contributed by atoms with Gasteiger partial charge in [-0.3, -0.25) is 9.59 Å². The maximum absolute atomic E-state index is 12.3. The van der Waals surface area contributed by atoms with Crippen molar-refractivity contribution in [2.24, 2.45) is 10.8 Å². The molecular formula is C43H58O5. The lowest BCUT2D eigenvalue weighted by Crippen LogP contribution is -2.47. The van der Waals surface area contributed by atoms with Gasteiger partial charge >= 0.3 is 5.97 Å². The molecule has 1 heterocycles. The lowest BCUT2D eigenvalue weighted by atomic mass is 9.63. The molecule has 1 unspecified atom stereocenters. The summed E-state index contributed by atoms with van der Waals surface area (Å²) in [6.45, 7) is 22.3. The van der Waals surface area contributed by atoms with Gasteiger partial charge in [0.15, 0.2) is 5.78 Å². The van der Waals surface area contributed by atoms with E-state index in [9.17, 15) is 9.59 Å². The van der Waals surface area contributed by atoms with Crippen LogP contribution in [0.4, 0.5) is 0 Å². The number of fused-ring (bicyclic) bond motifs is 1. The number of hydrogen-bond donors (Lipinski definition) is 0. The van der Waals surface area contributed by atoms with Crippen LogP contribution in [0, 0.1) is 10.8 Å². The molecule has 0 radical (unpaired) electrons. The van der Waals surface area contributed by atoms with Crippen molar-refractivity contribution >= 4 is 11.8 Å². The summed E-state index contributed by atoms with van der Waals surface area (Å²) in [7, 11) is 1.67. The Bertz CT molecular complexity index is 1550. The molecule has 0 aromatic heterocycles. The molecule has 0 amide bonds. The van der Waals surface area contributed by atoms with E-state index >= 15 is 0 Å². The number of hydrogen-bond acceptors (Lipinski definition) is 5. The van der Waals surface area contributed by atoms with E-state index in [1.807, 2.05) is 12.2 Å². The van der Waals surface area contributed by atoms with Crippen LogP contribution in [0.25, 0.3) is 0 Å². The van der Waals surface area contributed by atoms with Crippen LogP contribution in [-0.2, 0) is 23.8 Å². The molecule has 2 aliphatic carbocycles. The van der Waals surface area contributed by atoms with Crippen molar-refractivity contribution in [3.63, 3.8) is 0 Å². The fraction of sp³-hybridized carbons (Fsp3) is 0.488. The van der Waals surface area contributed by atoms with E-state index in [2.05, 4.69) is 135 Å². The standard InChI is InChI=1S/C43H58O5/c1-30(19-15-21-32(3)23-24-37-39(34(5)44)38(46-12)29-40(37,7)8)17-13-14-18-31(2)20-16-22-33(4)25-26-43-41(9,10)27-36(47-35(6)45)28-42(43,11)48-43/h13-26,36,38H,27-29H2,1-12H3/b14-13+,19-15+,20-16+,24-23+,26-25+,30-17-,31-18+,32-21+,33-22+/t36-,38?,42+,43-/m0/s1. The monoisotopic (exact) mass is 654 g/mol. The number of carbonyl (C=O) groups excluding carboxylic acids is 2. The molecule has 0 bridgehead atoms. The van der Waals surface area contributed by atoms with E-state index in [0.29, 0.717) is 0 Å². The average molecular weight is 655 g/mol. The van der Waals surface area contributed by atoms with Gasteiger partial charge in [-0.15, -0.1) is 0 Å². The predicted molar refractivity (Wildman–Crippen MR) is 198 cm³/mol. The van der Waals surface area contributed by atoms with Gasteiger partial charge < -0.3 is 14.2 Å². The lowest BCUT2D eigenvalue weighted by molar-refractivity contribution is -0.149. The summed E-state index contributed by atoms with van der Waals surface area (Å²) in [5.41, 5.74) is 5.51. The van der Waals surface area contributed by atoms with Crippen LogP contribution < -0.4 is 0 Å². The average Bonchev–Trinajstić information content (AvgIpc) is 3.50. The second-order valence-electron chi connectivity index (χ2n) is 15.2. The first kappa shape index (κ1) is 38.9. The number of methoxy groups -OCH3 is 1. The van der Waals surface area contributed by atoms with Crippen LogP contribution in [0.3, 0.4) is 0 Å². The van der Waals surface area contributed by atoms with Crippen molar-refractivity contribution in [1.29, 1.82) is 0 Å². The number of rotatable bonds is 13. The molecular weight excluding hydrogens is 596 g/mol. The highest BCUT2D eigenvalue weighted by Crippen LogP contribution is 2.66. The minimum Gasteiger partial charge on any atom is -0.462 e. The molecule has 260 valence electrons. The number of ketones is 1. The summed E-state index contributed by atoms with van der Waals surface area (Å²) in [4.78, 5) is 23.8. The van der Waals surface area contributed by atoms with Gasteiger partial charge in [-0.1, -0.05) is 129 Å². The van der Waals surface area contributed by atoms with E-state index < -0.39 is 0 Å². The fourth-order valence-electron chi connectivity index (χ4n) is 7.31. The number of esters is 1. The van der Waals surface area contributed by atoms with Gasteiger partial charge in [0, 0.05) is 31.4 Å². The number of Topliss-reactive ketones (excluding diaryl/α,β-unsaturated/α-hetero) is 1. The zero-order chi connectivity index (χ0) is 35.9. The molecule has 5 heteroatoms. The van der Waals surface area contributed by atoms with E-state index in [1.54, 1.807) is 14.0 Å². The molecule has 1 saturated heterocycles. The van der Waals surface area contributed by atoms with E-state index in [-0.39, 0.29) is 46.0 Å². The predicted octanol–water partition coefficient (Wildman–Crippen LogP) is 10.2. The Kier molecular flexibility index (Phi) is 12.8. The highest BCUT2D eigenvalue weighted by Gasteiger charge is 2.75. The molecule has 1 aliphatic heterocycles. The van der Waals surface area contributed by atoms with Gasteiger partial charge in [-0.05, 0) is 71.4 Å². The van der Waals surface area contributed by atoms with E-state index in [1.165, 1.54) is 6.92 Å². The second kappa shape index (κ2) is 15.8. The van der Waals surface area contributed by atoms with Crippen LogP contribution in [-0.4, -0.2) is 42.3 Å². The molecule has 0 spiro atoms. The van der Waals surface area contributed by atoms with Crippen LogP contribution in [0.1, 0.15) is 95.4 Å². The smallest absolute Gasteiger partial charge is 0.302 e. The quantitative estimate of drug-likeness (QED) is 0.112. The summed E-state index contributed by atoms with van der Waals surface area (Å²) in [6.07, 6.45) is 31.3. The van der Waals surface area contributed by atoms with Gasteiger partial charge in [-0.25, -0.2) is 0 Å². The van der Waals surface area contributed by atoms with Crippen molar-refractivity contribution in [2.75, 3.05) is 7.11 Å². The maximum Gasteiger partial charge on any atom is 0.302 e. The number of allylic oxidation sites excluding steroid dienone is 18. The van der Waals surface area contributed by atoms with Crippen molar-refractivity contribution in [3.8, 4) is 0 Å². The van der Waals surface area contributed by atoms with Gasteiger partial charge in [0.1, 0.15) is 17.3 Å². The summed E-state index contributed by atoms with van der Waals surface area (Å²) < 4.78 is 17.5. The minimum atomic E-state index is -0.343. The highest BCUT2D eigenvalue weighted by atomic mass is 16.6. The summed E-state index contributed by atoms with van der Waals surface area (Å²) >= 11 is 0. The highest BCUT2D eigenvalue weighted by molar-refractivity contribution is 5.96. The Morgan fingerprint density at radius 3 is 1.73 bits per heavy atom. The summed E-state index contributed by atoms with van der Waals surface area (Å²) in [5.74, 6) is -0.149. The van der Waals surface area contributed by atoms with Gasteiger partial charge in [-0.2, -0.15) is 0 Å². The number of ether oxygens (including phenoxy) is 3. The van der Waals surface area contributed by atoms with Gasteiger partial charge in [0.2, 0.25) is 0 Å². The number of epoxide rings is 1. The van der Waals surface area contributed by atoms with Crippen molar-refractivity contribution in [2.45, 2.75) is 119 Å².